The molecular formula is C20H29N3O4. The number of urea groups is 1. The average molecular weight is 375 g/mol. The second kappa shape index (κ2) is 9.39. The molecule has 0 aliphatic carbocycles. The number of carbonyl (C=O) groups is 3. The van der Waals surface area contributed by atoms with Crippen LogP contribution in [-0.2, 0) is 9.59 Å². The third-order valence-electron chi connectivity index (χ3n) is 5.13. The highest BCUT2D eigenvalue weighted by Crippen LogP contribution is 2.19. The molecule has 3 atom stereocenters. The predicted octanol–water partition coefficient (Wildman–Crippen LogP) is 2.85. The van der Waals surface area contributed by atoms with E-state index in [-0.39, 0.29) is 24.4 Å². The lowest BCUT2D eigenvalue weighted by molar-refractivity contribution is -0.144. The Morgan fingerprint density at radius 1 is 1.33 bits per heavy atom. The summed E-state index contributed by atoms with van der Waals surface area (Å²) in [6, 6.07) is 6.39. The van der Waals surface area contributed by atoms with Gasteiger partial charge in [-0.3, -0.25) is 4.79 Å². The molecule has 1 aromatic rings. The van der Waals surface area contributed by atoms with Gasteiger partial charge in [0.05, 0.1) is 5.92 Å². The summed E-state index contributed by atoms with van der Waals surface area (Å²) in [7, 11) is 0. The number of aryl methyl sites for hydroxylation is 1. The van der Waals surface area contributed by atoms with E-state index in [9.17, 15) is 19.5 Å². The lowest BCUT2D eigenvalue weighted by atomic mass is 9.94. The van der Waals surface area contributed by atoms with Gasteiger partial charge in [-0.1, -0.05) is 32.4 Å². The monoisotopic (exact) mass is 375 g/mol. The molecule has 0 bridgehead atoms. The number of carboxylic acids is 1. The molecule has 1 fully saturated rings. The van der Waals surface area contributed by atoms with Gasteiger partial charge in [0.1, 0.15) is 6.04 Å². The fourth-order valence-corrected chi connectivity index (χ4v) is 3.26. The molecule has 3 amide bonds. The van der Waals surface area contributed by atoms with Crippen LogP contribution in [0.1, 0.15) is 38.7 Å². The molecule has 0 radical (unpaired) electrons. The van der Waals surface area contributed by atoms with Crippen LogP contribution in [0.2, 0.25) is 0 Å². The summed E-state index contributed by atoms with van der Waals surface area (Å²) in [4.78, 5) is 38.1. The summed E-state index contributed by atoms with van der Waals surface area (Å²) < 4.78 is 0. The number of likely N-dealkylation sites (tertiary alicyclic amines) is 1. The second-order valence-corrected chi connectivity index (χ2v) is 7.29. The standard InChI is InChI=1S/C20H29N3O4/c1-4-14(3)17(19(25)26)22-18(24)15-8-6-10-23(12-15)20(27)21-16-9-5-7-13(2)11-16/h5,7,9,11,14-15,17H,4,6,8,10,12H2,1-3H3,(H,21,27)(H,22,24)(H,25,26)/t14-,15?,17-/m0/s1. The maximum absolute atomic E-state index is 12.6. The summed E-state index contributed by atoms with van der Waals surface area (Å²) in [5.74, 6) is -1.87. The molecule has 7 nitrogen and oxygen atoms in total. The Hall–Kier alpha value is -2.57. The molecule has 27 heavy (non-hydrogen) atoms. The number of carbonyl (C=O) groups excluding carboxylic acids is 2. The largest absolute Gasteiger partial charge is 0.480 e. The van der Waals surface area contributed by atoms with Gasteiger partial charge in [0.15, 0.2) is 0 Å². The van der Waals surface area contributed by atoms with E-state index in [2.05, 4.69) is 10.6 Å². The summed E-state index contributed by atoms with van der Waals surface area (Å²) >= 11 is 0. The van der Waals surface area contributed by atoms with E-state index in [0.717, 1.165) is 5.56 Å². The van der Waals surface area contributed by atoms with Gasteiger partial charge in [0, 0.05) is 18.8 Å². The molecule has 0 aromatic heterocycles. The fraction of sp³-hybridized carbons (Fsp3) is 0.550. The highest BCUT2D eigenvalue weighted by Gasteiger charge is 2.32. The van der Waals surface area contributed by atoms with Gasteiger partial charge in [-0.05, 0) is 43.4 Å². The zero-order valence-electron chi connectivity index (χ0n) is 16.2. The van der Waals surface area contributed by atoms with Crippen molar-refractivity contribution in [1.82, 2.24) is 10.2 Å². The first-order chi connectivity index (χ1) is 12.8. The van der Waals surface area contributed by atoms with E-state index in [1.165, 1.54) is 0 Å². The fourth-order valence-electron chi connectivity index (χ4n) is 3.26. The number of carboxylic acid groups (broad SMARTS) is 1. The summed E-state index contributed by atoms with van der Waals surface area (Å²) in [5, 5.41) is 14.9. The Balaban J connectivity index is 1.96. The van der Waals surface area contributed by atoms with Gasteiger partial charge in [-0.15, -0.1) is 0 Å². The Bertz CT molecular complexity index is 692. The Labute approximate surface area is 160 Å². The number of aliphatic carboxylic acids is 1. The number of hydrogen-bond donors (Lipinski definition) is 3. The van der Waals surface area contributed by atoms with E-state index < -0.39 is 17.9 Å². The van der Waals surface area contributed by atoms with Crippen molar-refractivity contribution in [2.75, 3.05) is 18.4 Å². The maximum atomic E-state index is 12.6. The summed E-state index contributed by atoms with van der Waals surface area (Å²) in [6.07, 6.45) is 2.01. The number of anilines is 1. The normalized spacial score (nSPS) is 19.1. The molecule has 0 spiro atoms. The molecule has 7 heteroatoms. The highest BCUT2D eigenvalue weighted by molar-refractivity contribution is 5.90. The number of rotatable bonds is 6. The van der Waals surface area contributed by atoms with Crippen molar-refractivity contribution >= 4 is 23.6 Å². The lowest BCUT2D eigenvalue weighted by Crippen LogP contribution is -2.51. The molecule has 1 aromatic carbocycles. The van der Waals surface area contributed by atoms with Crippen molar-refractivity contribution in [3.8, 4) is 0 Å². The lowest BCUT2D eigenvalue weighted by Gasteiger charge is -2.33. The highest BCUT2D eigenvalue weighted by atomic mass is 16.4. The number of hydrogen-bond acceptors (Lipinski definition) is 3. The van der Waals surface area contributed by atoms with E-state index in [0.29, 0.717) is 31.5 Å². The van der Waals surface area contributed by atoms with Crippen LogP contribution in [0.3, 0.4) is 0 Å². The third kappa shape index (κ3) is 5.70. The van der Waals surface area contributed by atoms with E-state index in [4.69, 9.17) is 0 Å². The topological polar surface area (TPSA) is 98.7 Å². The Morgan fingerprint density at radius 3 is 2.70 bits per heavy atom. The maximum Gasteiger partial charge on any atom is 0.326 e. The smallest absolute Gasteiger partial charge is 0.326 e. The van der Waals surface area contributed by atoms with Crippen LogP contribution in [0, 0.1) is 18.8 Å². The van der Waals surface area contributed by atoms with Crippen LogP contribution in [0.4, 0.5) is 10.5 Å². The number of benzene rings is 1. The average Bonchev–Trinajstić information content (AvgIpc) is 2.65. The predicted molar refractivity (Wildman–Crippen MR) is 104 cm³/mol. The molecule has 2 rings (SSSR count). The number of piperidine rings is 1. The molecule has 1 aliphatic rings. The first-order valence-electron chi connectivity index (χ1n) is 9.47. The molecular weight excluding hydrogens is 346 g/mol. The van der Waals surface area contributed by atoms with E-state index in [1.54, 1.807) is 4.90 Å². The van der Waals surface area contributed by atoms with Gasteiger partial charge < -0.3 is 20.6 Å². The molecule has 0 saturated carbocycles. The van der Waals surface area contributed by atoms with E-state index >= 15 is 0 Å². The van der Waals surface area contributed by atoms with Crippen molar-refractivity contribution in [3.05, 3.63) is 29.8 Å². The number of nitrogens with zero attached hydrogens (tertiary/aromatic N) is 1. The number of amides is 3. The molecule has 1 unspecified atom stereocenters. The minimum atomic E-state index is -1.03. The molecule has 148 valence electrons. The van der Waals surface area contributed by atoms with Crippen LogP contribution < -0.4 is 10.6 Å². The van der Waals surface area contributed by atoms with Gasteiger partial charge in [0.25, 0.3) is 0 Å². The summed E-state index contributed by atoms with van der Waals surface area (Å²) in [6.45, 7) is 6.52. The zero-order chi connectivity index (χ0) is 20.0. The summed E-state index contributed by atoms with van der Waals surface area (Å²) in [5.41, 5.74) is 1.77. The first-order valence-corrected chi connectivity index (χ1v) is 9.47. The Kier molecular flexibility index (Phi) is 7.21. The molecule has 1 aliphatic heterocycles. The first kappa shape index (κ1) is 20.7. The van der Waals surface area contributed by atoms with Crippen molar-refractivity contribution in [3.63, 3.8) is 0 Å². The van der Waals surface area contributed by atoms with Crippen LogP contribution in [0.5, 0.6) is 0 Å². The zero-order valence-corrected chi connectivity index (χ0v) is 16.2. The van der Waals surface area contributed by atoms with Crippen LogP contribution in [0.25, 0.3) is 0 Å². The van der Waals surface area contributed by atoms with Gasteiger partial charge in [-0.25, -0.2) is 9.59 Å². The molecule has 1 heterocycles. The minimum absolute atomic E-state index is 0.157. The van der Waals surface area contributed by atoms with Crippen LogP contribution >= 0.6 is 0 Å². The van der Waals surface area contributed by atoms with Gasteiger partial charge in [0.2, 0.25) is 5.91 Å². The number of nitrogens with one attached hydrogen (secondary N) is 2. The molecule has 1 saturated heterocycles. The SMILES string of the molecule is CC[C@H](C)[C@H](NC(=O)C1CCCN(C(=O)Nc2cccc(C)c2)C1)C(=O)O. The van der Waals surface area contributed by atoms with Crippen molar-refractivity contribution in [2.24, 2.45) is 11.8 Å². The third-order valence-corrected chi connectivity index (χ3v) is 5.13. The van der Waals surface area contributed by atoms with Crippen molar-refractivity contribution in [2.45, 2.75) is 46.1 Å². The Morgan fingerprint density at radius 2 is 2.07 bits per heavy atom. The van der Waals surface area contributed by atoms with E-state index in [1.807, 2.05) is 45.0 Å². The van der Waals surface area contributed by atoms with Crippen LogP contribution in [-0.4, -0.2) is 47.0 Å². The minimum Gasteiger partial charge on any atom is -0.480 e. The van der Waals surface area contributed by atoms with Crippen LogP contribution in [0.15, 0.2) is 24.3 Å². The van der Waals surface area contributed by atoms with Gasteiger partial charge in [-0.2, -0.15) is 0 Å². The van der Waals surface area contributed by atoms with Crippen molar-refractivity contribution in [1.29, 1.82) is 0 Å². The van der Waals surface area contributed by atoms with Gasteiger partial charge >= 0.3 is 12.0 Å². The second-order valence-electron chi connectivity index (χ2n) is 7.29. The molecule has 3 N–H and O–H groups in total. The van der Waals surface area contributed by atoms with Crippen molar-refractivity contribution < 1.29 is 19.5 Å². The quantitative estimate of drug-likeness (QED) is 0.712.